The molecule has 0 aromatic heterocycles. The molecule has 1 aromatic rings. The summed E-state index contributed by atoms with van der Waals surface area (Å²) in [6.45, 7) is 5.47. The summed E-state index contributed by atoms with van der Waals surface area (Å²) in [6.07, 6.45) is 0. The summed E-state index contributed by atoms with van der Waals surface area (Å²) >= 11 is 0. The van der Waals surface area contributed by atoms with Gasteiger partial charge in [0, 0.05) is 19.1 Å². The Bertz CT molecular complexity index is 440. The molecule has 1 fully saturated rings. The van der Waals surface area contributed by atoms with Crippen molar-refractivity contribution in [3.63, 3.8) is 0 Å². The van der Waals surface area contributed by atoms with Crippen molar-refractivity contribution in [1.82, 2.24) is 4.90 Å². The van der Waals surface area contributed by atoms with E-state index in [0.29, 0.717) is 0 Å². The molecule has 18 heavy (non-hydrogen) atoms. The molecule has 98 valence electrons. The van der Waals surface area contributed by atoms with E-state index < -0.39 is 5.97 Å². The molecule has 1 aliphatic heterocycles. The standard InChI is InChI=1S/C14H19NO3/c1-9(14(17)18)12-7-15(8-12)10(2)11-4-3-5-13(16)6-11/h3-6,9-10,12,16H,7-8H2,1-2H3,(H,17,18). The lowest BCUT2D eigenvalue weighted by molar-refractivity contribution is -0.145. The van der Waals surface area contributed by atoms with E-state index in [9.17, 15) is 9.90 Å². The Labute approximate surface area is 107 Å². The molecule has 0 spiro atoms. The Morgan fingerprint density at radius 1 is 1.39 bits per heavy atom. The van der Waals surface area contributed by atoms with Crippen molar-refractivity contribution < 1.29 is 15.0 Å². The van der Waals surface area contributed by atoms with Gasteiger partial charge in [0.2, 0.25) is 0 Å². The predicted molar refractivity (Wildman–Crippen MR) is 68.4 cm³/mol. The molecule has 0 aliphatic carbocycles. The Hall–Kier alpha value is -1.55. The molecule has 1 aromatic carbocycles. The number of phenols is 1. The molecule has 2 atom stereocenters. The lowest BCUT2D eigenvalue weighted by Crippen LogP contribution is -2.51. The molecule has 2 N–H and O–H groups in total. The zero-order valence-electron chi connectivity index (χ0n) is 10.7. The molecule has 4 nitrogen and oxygen atoms in total. The fourth-order valence-electron chi connectivity index (χ4n) is 2.38. The monoisotopic (exact) mass is 249 g/mol. The largest absolute Gasteiger partial charge is 0.508 e. The molecular weight excluding hydrogens is 230 g/mol. The van der Waals surface area contributed by atoms with Gasteiger partial charge >= 0.3 is 5.97 Å². The van der Waals surface area contributed by atoms with Crippen molar-refractivity contribution in [2.24, 2.45) is 11.8 Å². The van der Waals surface area contributed by atoms with Gasteiger partial charge in [0.25, 0.3) is 0 Å². The molecule has 0 amide bonds. The van der Waals surface area contributed by atoms with E-state index in [4.69, 9.17) is 5.11 Å². The van der Waals surface area contributed by atoms with Crippen molar-refractivity contribution in [3.05, 3.63) is 29.8 Å². The molecule has 1 heterocycles. The summed E-state index contributed by atoms with van der Waals surface area (Å²) in [5, 5.41) is 18.4. The number of hydrogen-bond donors (Lipinski definition) is 2. The SMILES string of the molecule is CC(C(=O)O)C1CN(C(C)c2cccc(O)c2)C1. The molecule has 1 aliphatic rings. The number of carboxylic acids is 1. The second-order valence-corrected chi connectivity index (χ2v) is 5.11. The van der Waals surface area contributed by atoms with Gasteiger partial charge in [0.1, 0.15) is 5.75 Å². The van der Waals surface area contributed by atoms with Gasteiger partial charge in [-0.2, -0.15) is 0 Å². The first-order chi connectivity index (χ1) is 8.49. The third kappa shape index (κ3) is 2.48. The molecule has 0 radical (unpaired) electrons. The van der Waals surface area contributed by atoms with Crippen LogP contribution in [0.3, 0.4) is 0 Å². The maximum Gasteiger partial charge on any atom is 0.306 e. The van der Waals surface area contributed by atoms with E-state index in [1.165, 1.54) is 0 Å². The van der Waals surface area contributed by atoms with Crippen LogP contribution in [0.15, 0.2) is 24.3 Å². The van der Waals surface area contributed by atoms with Gasteiger partial charge in [-0.1, -0.05) is 19.1 Å². The van der Waals surface area contributed by atoms with Crippen LogP contribution >= 0.6 is 0 Å². The third-order valence-electron chi connectivity index (χ3n) is 3.94. The maximum absolute atomic E-state index is 10.9. The first-order valence-corrected chi connectivity index (χ1v) is 6.25. The summed E-state index contributed by atoms with van der Waals surface area (Å²) in [6, 6.07) is 7.45. The van der Waals surface area contributed by atoms with Gasteiger partial charge in [0.05, 0.1) is 5.92 Å². The molecule has 0 bridgehead atoms. The van der Waals surface area contributed by atoms with Crippen molar-refractivity contribution in [1.29, 1.82) is 0 Å². The third-order valence-corrected chi connectivity index (χ3v) is 3.94. The van der Waals surface area contributed by atoms with Crippen LogP contribution in [0.1, 0.15) is 25.5 Å². The number of aromatic hydroxyl groups is 1. The minimum atomic E-state index is -0.718. The fraction of sp³-hybridized carbons (Fsp3) is 0.500. The van der Waals surface area contributed by atoms with E-state index in [-0.39, 0.29) is 23.6 Å². The highest BCUT2D eigenvalue weighted by molar-refractivity contribution is 5.70. The number of phenolic OH excluding ortho intramolecular Hbond substituents is 1. The number of nitrogens with zero attached hydrogens (tertiary/aromatic N) is 1. The van der Waals surface area contributed by atoms with E-state index in [2.05, 4.69) is 11.8 Å². The summed E-state index contributed by atoms with van der Waals surface area (Å²) in [7, 11) is 0. The topological polar surface area (TPSA) is 60.8 Å². The average Bonchev–Trinajstić information content (AvgIpc) is 2.26. The van der Waals surface area contributed by atoms with Crippen molar-refractivity contribution in [2.75, 3.05) is 13.1 Å². The number of hydrogen-bond acceptors (Lipinski definition) is 3. The summed E-state index contributed by atoms with van der Waals surface area (Å²) in [4.78, 5) is 13.1. The first kappa shape index (κ1) is 12.9. The minimum absolute atomic E-state index is 0.217. The maximum atomic E-state index is 10.9. The van der Waals surface area contributed by atoms with Crippen molar-refractivity contribution in [3.8, 4) is 5.75 Å². The highest BCUT2D eigenvalue weighted by Crippen LogP contribution is 2.32. The molecule has 2 unspecified atom stereocenters. The second-order valence-electron chi connectivity index (χ2n) is 5.11. The number of benzene rings is 1. The van der Waals surface area contributed by atoms with E-state index in [1.54, 1.807) is 19.1 Å². The second kappa shape index (κ2) is 4.98. The zero-order chi connectivity index (χ0) is 13.3. The van der Waals surface area contributed by atoms with Crippen LogP contribution < -0.4 is 0 Å². The lowest BCUT2D eigenvalue weighted by atomic mass is 9.85. The van der Waals surface area contributed by atoms with Gasteiger partial charge < -0.3 is 10.2 Å². The van der Waals surface area contributed by atoms with Gasteiger partial charge in [-0.3, -0.25) is 9.69 Å². The molecule has 0 saturated carbocycles. The Morgan fingerprint density at radius 3 is 2.61 bits per heavy atom. The highest BCUT2D eigenvalue weighted by atomic mass is 16.4. The van der Waals surface area contributed by atoms with Crippen molar-refractivity contribution >= 4 is 5.97 Å². The van der Waals surface area contributed by atoms with Crippen LogP contribution in [0.5, 0.6) is 5.75 Å². The lowest BCUT2D eigenvalue weighted by Gasteiger charge is -2.45. The molecule has 2 rings (SSSR count). The van der Waals surface area contributed by atoms with Gasteiger partial charge in [0.15, 0.2) is 0 Å². The van der Waals surface area contributed by atoms with Crippen LogP contribution in [0.25, 0.3) is 0 Å². The van der Waals surface area contributed by atoms with Crippen LogP contribution in [-0.4, -0.2) is 34.2 Å². The number of rotatable bonds is 4. The van der Waals surface area contributed by atoms with E-state index >= 15 is 0 Å². The van der Waals surface area contributed by atoms with E-state index in [1.807, 2.05) is 12.1 Å². The number of likely N-dealkylation sites (tertiary alicyclic amines) is 1. The van der Waals surface area contributed by atoms with Crippen molar-refractivity contribution in [2.45, 2.75) is 19.9 Å². The van der Waals surface area contributed by atoms with Crippen LogP contribution in [0, 0.1) is 11.8 Å². The Balaban J connectivity index is 1.94. The Morgan fingerprint density at radius 2 is 2.06 bits per heavy atom. The van der Waals surface area contributed by atoms with Crippen LogP contribution in [0.4, 0.5) is 0 Å². The highest BCUT2D eigenvalue weighted by Gasteiger charge is 2.36. The van der Waals surface area contributed by atoms with Gasteiger partial charge in [-0.15, -0.1) is 0 Å². The van der Waals surface area contributed by atoms with Crippen LogP contribution in [0.2, 0.25) is 0 Å². The predicted octanol–water partition coefficient (Wildman–Crippen LogP) is 2.11. The number of carboxylic acid groups (broad SMARTS) is 1. The molecule has 1 saturated heterocycles. The minimum Gasteiger partial charge on any atom is -0.508 e. The average molecular weight is 249 g/mol. The zero-order valence-corrected chi connectivity index (χ0v) is 10.7. The summed E-state index contributed by atoms with van der Waals surface area (Å²) < 4.78 is 0. The van der Waals surface area contributed by atoms with Crippen LogP contribution in [-0.2, 0) is 4.79 Å². The number of carbonyl (C=O) groups is 1. The fourth-order valence-corrected chi connectivity index (χ4v) is 2.38. The molecule has 4 heteroatoms. The summed E-state index contributed by atoms with van der Waals surface area (Å²) in [5.41, 5.74) is 1.07. The quantitative estimate of drug-likeness (QED) is 0.858. The van der Waals surface area contributed by atoms with Gasteiger partial charge in [-0.05, 0) is 30.5 Å². The van der Waals surface area contributed by atoms with E-state index in [0.717, 1.165) is 18.7 Å². The Kier molecular flexibility index (Phi) is 3.57. The smallest absolute Gasteiger partial charge is 0.306 e. The normalized spacial score (nSPS) is 20.1. The number of aliphatic carboxylic acids is 1. The first-order valence-electron chi connectivity index (χ1n) is 6.25. The summed E-state index contributed by atoms with van der Waals surface area (Å²) in [5.74, 6) is -0.486. The van der Waals surface area contributed by atoms with Gasteiger partial charge in [-0.25, -0.2) is 0 Å². The molecular formula is C14H19NO3.